The molecule has 0 spiro atoms. The molecule has 3 rings (SSSR count). The predicted molar refractivity (Wildman–Crippen MR) is 56.7 cm³/mol. The average molecular weight is 202 g/mol. The molecule has 0 radical (unpaired) electrons. The molecule has 1 aliphatic carbocycles. The molecule has 0 bridgehead atoms. The summed E-state index contributed by atoms with van der Waals surface area (Å²) in [5.41, 5.74) is 2.90. The second-order valence-corrected chi connectivity index (χ2v) is 4.39. The fourth-order valence-corrected chi connectivity index (χ4v) is 2.40. The molecule has 0 saturated heterocycles. The molecular formula is C12H14N2O. The fraction of sp³-hybridized carbons (Fsp3) is 0.417. The molecule has 3 heteroatoms. The molecule has 1 aliphatic rings. The fourth-order valence-electron chi connectivity index (χ4n) is 2.40. The Morgan fingerprint density at radius 2 is 2.07 bits per heavy atom. The summed E-state index contributed by atoms with van der Waals surface area (Å²) in [6.45, 7) is 2.16. The van der Waals surface area contributed by atoms with Crippen molar-refractivity contribution < 1.29 is 4.63 Å². The number of nitrogens with zero attached hydrogens (tertiary/aromatic N) is 2. The topological polar surface area (TPSA) is 31.0 Å². The summed E-state index contributed by atoms with van der Waals surface area (Å²) in [4.78, 5) is 0. The third-order valence-corrected chi connectivity index (χ3v) is 3.39. The van der Waals surface area contributed by atoms with Gasteiger partial charge in [0.15, 0.2) is 5.82 Å². The van der Waals surface area contributed by atoms with Crippen molar-refractivity contribution in [3.63, 3.8) is 0 Å². The summed E-state index contributed by atoms with van der Waals surface area (Å²) >= 11 is 0. The standard InChI is InChI=1S/C12H14N2O/c1-9-5-3-4-6-10(9)12(7-8-12)11-13-15-14(11)2/h3-6H,7-8H2,1-2H3. The van der Waals surface area contributed by atoms with Gasteiger partial charge in [-0.15, -0.1) is 0 Å². The third-order valence-electron chi connectivity index (χ3n) is 3.39. The van der Waals surface area contributed by atoms with Gasteiger partial charge in [0.1, 0.15) is 0 Å². The van der Waals surface area contributed by atoms with Crippen molar-refractivity contribution in [2.24, 2.45) is 7.05 Å². The highest BCUT2D eigenvalue weighted by Gasteiger charge is 2.51. The lowest BCUT2D eigenvalue weighted by Crippen LogP contribution is -2.22. The van der Waals surface area contributed by atoms with Gasteiger partial charge < -0.3 is 0 Å². The van der Waals surface area contributed by atoms with Gasteiger partial charge in [0, 0.05) is 7.05 Å². The third kappa shape index (κ3) is 1.09. The predicted octanol–water partition coefficient (Wildman–Crippen LogP) is 2.40. The Morgan fingerprint density at radius 3 is 2.53 bits per heavy atom. The van der Waals surface area contributed by atoms with Gasteiger partial charge in [0.05, 0.1) is 5.41 Å². The van der Waals surface area contributed by atoms with Gasteiger partial charge in [-0.2, -0.15) is 4.74 Å². The molecule has 1 fully saturated rings. The van der Waals surface area contributed by atoms with E-state index in [1.165, 1.54) is 24.0 Å². The van der Waals surface area contributed by atoms with Crippen molar-refractivity contribution in [3.05, 3.63) is 41.2 Å². The first-order valence-corrected chi connectivity index (χ1v) is 5.29. The van der Waals surface area contributed by atoms with E-state index in [1.54, 1.807) is 4.74 Å². The summed E-state index contributed by atoms with van der Waals surface area (Å²) in [5, 5.41) is 4.04. The van der Waals surface area contributed by atoms with Crippen LogP contribution < -0.4 is 0 Å². The smallest absolute Gasteiger partial charge is 0.194 e. The number of benzene rings is 1. The molecule has 1 aromatic carbocycles. The van der Waals surface area contributed by atoms with Gasteiger partial charge in [-0.05, 0) is 36.0 Å². The van der Waals surface area contributed by atoms with E-state index >= 15 is 0 Å². The van der Waals surface area contributed by atoms with E-state index in [4.69, 9.17) is 4.63 Å². The average Bonchev–Trinajstić information content (AvgIpc) is 2.97. The van der Waals surface area contributed by atoms with E-state index in [0.29, 0.717) is 0 Å². The summed E-state index contributed by atoms with van der Waals surface area (Å²) in [6.07, 6.45) is 2.37. The number of aryl methyl sites for hydroxylation is 2. The maximum absolute atomic E-state index is 4.95. The molecule has 0 aliphatic heterocycles. The Balaban J connectivity index is 2.10. The summed E-state index contributed by atoms with van der Waals surface area (Å²) < 4.78 is 6.73. The van der Waals surface area contributed by atoms with Crippen LogP contribution in [0, 0.1) is 6.92 Å². The van der Waals surface area contributed by atoms with Gasteiger partial charge >= 0.3 is 0 Å². The zero-order valence-corrected chi connectivity index (χ0v) is 9.03. The van der Waals surface area contributed by atoms with Crippen LogP contribution in [0.5, 0.6) is 0 Å². The van der Waals surface area contributed by atoms with E-state index in [-0.39, 0.29) is 5.41 Å². The van der Waals surface area contributed by atoms with Crippen LogP contribution >= 0.6 is 0 Å². The first-order chi connectivity index (χ1) is 7.24. The van der Waals surface area contributed by atoms with E-state index < -0.39 is 0 Å². The Hall–Kier alpha value is -1.51. The van der Waals surface area contributed by atoms with E-state index in [9.17, 15) is 0 Å². The van der Waals surface area contributed by atoms with Crippen LogP contribution in [0.25, 0.3) is 0 Å². The Kier molecular flexibility index (Phi) is 1.61. The van der Waals surface area contributed by atoms with E-state index in [1.807, 2.05) is 7.05 Å². The highest BCUT2D eigenvalue weighted by atomic mass is 16.6. The number of hydrogen-bond donors (Lipinski definition) is 0. The second-order valence-electron chi connectivity index (χ2n) is 4.39. The lowest BCUT2D eigenvalue weighted by atomic mass is 9.91. The normalized spacial score (nSPS) is 18.0. The number of aromatic nitrogens is 2. The molecule has 3 nitrogen and oxygen atoms in total. The molecule has 15 heavy (non-hydrogen) atoms. The molecule has 0 atom stereocenters. The van der Waals surface area contributed by atoms with E-state index in [2.05, 4.69) is 36.3 Å². The van der Waals surface area contributed by atoms with Crippen molar-refractivity contribution in [1.82, 2.24) is 9.90 Å². The van der Waals surface area contributed by atoms with Gasteiger partial charge in [-0.3, -0.25) is 4.63 Å². The lowest BCUT2D eigenvalue weighted by molar-refractivity contribution is 0.107. The van der Waals surface area contributed by atoms with Gasteiger partial charge in [-0.1, -0.05) is 24.3 Å². The molecular weight excluding hydrogens is 188 g/mol. The first-order valence-electron chi connectivity index (χ1n) is 5.29. The van der Waals surface area contributed by atoms with Crippen molar-refractivity contribution in [2.75, 3.05) is 0 Å². The van der Waals surface area contributed by atoms with Crippen LogP contribution in [0.3, 0.4) is 0 Å². The van der Waals surface area contributed by atoms with Crippen molar-refractivity contribution in [3.8, 4) is 0 Å². The molecule has 0 amide bonds. The van der Waals surface area contributed by atoms with Crippen molar-refractivity contribution >= 4 is 0 Å². The van der Waals surface area contributed by atoms with Crippen LogP contribution in [-0.4, -0.2) is 9.90 Å². The van der Waals surface area contributed by atoms with Crippen LogP contribution in [-0.2, 0) is 12.5 Å². The molecule has 78 valence electrons. The lowest BCUT2D eigenvalue weighted by Gasteiger charge is -2.20. The van der Waals surface area contributed by atoms with Crippen LogP contribution in [0.2, 0.25) is 0 Å². The molecule has 1 saturated carbocycles. The SMILES string of the molecule is Cc1ccccc1C1(c2non2C)CC1. The Morgan fingerprint density at radius 1 is 1.33 bits per heavy atom. The first kappa shape index (κ1) is 8.77. The minimum atomic E-state index is 0.151. The maximum Gasteiger partial charge on any atom is 0.194 e. The molecule has 2 aromatic rings. The number of hydrogen-bond acceptors (Lipinski definition) is 2. The summed E-state index contributed by atoms with van der Waals surface area (Å²) in [5.74, 6) is 1.08. The molecule has 0 N–H and O–H groups in total. The highest BCUT2D eigenvalue weighted by Crippen LogP contribution is 2.53. The summed E-state index contributed by atoms with van der Waals surface area (Å²) in [7, 11) is 1.92. The van der Waals surface area contributed by atoms with Gasteiger partial charge in [0.2, 0.25) is 0 Å². The van der Waals surface area contributed by atoms with Crippen LogP contribution in [0.15, 0.2) is 28.9 Å². The quantitative estimate of drug-likeness (QED) is 0.748. The van der Waals surface area contributed by atoms with Crippen LogP contribution in [0.1, 0.15) is 29.8 Å². The minimum absolute atomic E-state index is 0.151. The molecule has 1 heterocycles. The number of rotatable bonds is 2. The summed E-state index contributed by atoms with van der Waals surface area (Å²) in [6, 6.07) is 8.55. The highest BCUT2D eigenvalue weighted by molar-refractivity contribution is 5.43. The van der Waals surface area contributed by atoms with Gasteiger partial charge in [-0.25, -0.2) is 0 Å². The largest absolute Gasteiger partial charge is 0.265 e. The Labute approximate surface area is 88.6 Å². The molecule has 1 aromatic heterocycles. The van der Waals surface area contributed by atoms with Crippen LogP contribution in [0.4, 0.5) is 0 Å². The zero-order valence-electron chi connectivity index (χ0n) is 9.03. The zero-order chi connectivity index (χ0) is 10.5. The minimum Gasteiger partial charge on any atom is -0.265 e. The monoisotopic (exact) mass is 202 g/mol. The Bertz CT molecular complexity index is 491. The van der Waals surface area contributed by atoms with Crippen molar-refractivity contribution in [2.45, 2.75) is 25.2 Å². The second kappa shape index (κ2) is 2.75. The molecule has 0 unspecified atom stereocenters. The van der Waals surface area contributed by atoms with E-state index in [0.717, 1.165) is 5.82 Å². The van der Waals surface area contributed by atoms with Gasteiger partial charge in [0.25, 0.3) is 0 Å². The van der Waals surface area contributed by atoms with Crippen molar-refractivity contribution in [1.29, 1.82) is 0 Å². The maximum atomic E-state index is 4.95.